The summed E-state index contributed by atoms with van der Waals surface area (Å²) in [5.41, 5.74) is 1.10. The van der Waals surface area contributed by atoms with Crippen LogP contribution in [0, 0.1) is 0 Å². The molecule has 1 rings (SSSR count). The van der Waals surface area contributed by atoms with Gasteiger partial charge in [0.15, 0.2) is 0 Å². The zero-order valence-corrected chi connectivity index (χ0v) is 11.3. The van der Waals surface area contributed by atoms with Crippen molar-refractivity contribution in [1.29, 1.82) is 0 Å². The van der Waals surface area contributed by atoms with Crippen molar-refractivity contribution in [2.45, 2.75) is 33.4 Å². The molecule has 0 fully saturated rings. The Morgan fingerprint density at radius 3 is 2.69 bits per heavy atom. The zero-order valence-electron chi connectivity index (χ0n) is 9.74. The van der Waals surface area contributed by atoms with Gasteiger partial charge < -0.3 is 4.84 Å². The highest BCUT2D eigenvalue weighted by atomic mass is 79.9. The first kappa shape index (κ1) is 13.2. The number of nitrogens with zero attached hydrogens (tertiary/aromatic N) is 1. The van der Waals surface area contributed by atoms with Gasteiger partial charge >= 0.3 is 5.97 Å². The first-order valence-corrected chi connectivity index (χ1v) is 5.98. The van der Waals surface area contributed by atoms with Crippen LogP contribution >= 0.6 is 15.9 Å². The lowest BCUT2D eigenvalue weighted by Crippen LogP contribution is -2.32. The van der Waals surface area contributed by atoms with Crippen molar-refractivity contribution < 1.29 is 9.63 Å². The molecule has 88 valence electrons. The van der Waals surface area contributed by atoms with E-state index in [1.165, 1.54) is 6.92 Å². The lowest BCUT2D eigenvalue weighted by atomic mass is 10.2. The monoisotopic (exact) mass is 285 g/mol. The Morgan fingerprint density at radius 2 is 2.19 bits per heavy atom. The Kier molecular flexibility index (Phi) is 4.96. The molecule has 0 heterocycles. The van der Waals surface area contributed by atoms with E-state index in [4.69, 9.17) is 4.84 Å². The van der Waals surface area contributed by atoms with Crippen LogP contribution in [0.25, 0.3) is 0 Å². The van der Waals surface area contributed by atoms with Gasteiger partial charge in [0.25, 0.3) is 0 Å². The standard InChI is InChI=1S/C12H16BrNO2/c1-9(2)14(16-10(3)15)8-11-5-4-6-12(13)7-11/h4-7,9H,8H2,1-3H3. The molecule has 16 heavy (non-hydrogen) atoms. The summed E-state index contributed by atoms with van der Waals surface area (Å²) in [5.74, 6) is -0.288. The molecular weight excluding hydrogens is 270 g/mol. The summed E-state index contributed by atoms with van der Waals surface area (Å²) >= 11 is 3.41. The van der Waals surface area contributed by atoms with Gasteiger partial charge in [-0.05, 0) is 31.5 Å². The number of halogens is 1. The Morgan fingerprint density at radius 1 is 1.50 bits per heavy atom. The van der Waals surface area contributed by atoms with Crippen molar-refractivity contribution in [2.75, 3.05) is 0 Å². The number of hydrogen-bond donors (Lipinski definition) is 0. The molecule has 0 unspecified atom stereocenters. The van der Waals surface area contributed by atoms with Crippen molar-refractivity contribution in [3.63, 3.8) is 0 Å². The largest absolute Gasteiger partial charge is 0.368 e. The van der Waals surface area contributed by atoms with Crippen LogP contribution in [0.5, 0.6) is 0 Å². The van der Waals surface area contributed by atoms with Crippen molar-refractivity contribution in [1.82, 2.24) is 5.06 Å². The van der Waals surface area contributed by atoms with Crippen molar-refractivity contribution in [3.8, 4) is 0 Å². The van der Waals surface area contributed by atoms with Gasteiger partial charge in [-0.1, -0.05) is 28.1 Å². The van der Waals surface area contributed by atoms with Gasteiger partial charge in [-0.25, -0.2) is 0 Å². The smallest absolute Gasteiger partial charge is 0.322 e. The third-order valence-electron chi connectivity index (χ3n) is 2.05. The molecule has 4 heteroatoms. The number of hydroxylamine groups is 2. The average Bonchev–Trinajstić information content (AvgIpc) is 2.15. The van der Waals surface area contributed by atoms with Crippen LogP contribution in [0.3, 0.4) is 0 Å². The molecule has 0 saturated heterocycles. The van der Waals surface area contributed by atoms with Crippen LogP contribution in [0.1, 0.15) is 26.3 Å². The molecule has 0 amide bonds. The molecule has 0 radical (unpaired) electrons. The normalized spacial score (nSPS) is 10.9. The van der Waals surface area contributed by atoms with Crippen LogP contribution in [0.15, 0.2) is 28.7 Å². The third kappa shape index (κ3) is 4.33. The fourth-order valence-electron chi connectivity index (χ4n) is 1.30. The summed E-state index contributed by atoms with van der Waals surface area (Å²) in [6.45, 7) is 5.98. The maximum absolute atomic E-state index is 10.9. The Bertz CT molecular complexity index is 366. The maximum atomic E-state index is 10.9. The van der Waals surface area contributed by atoms with E-state index in [0.717, 1.165) is 10.0 Å². The van der Waals surface area contributed by atoms with E-state index in [9.17, 15) is 4.79 Å². The second-order valence-corrected chi connectivity index (χ2v) is 4.80. The van der Waals surface area contributed by atoms with Gasteiger partial charge in [0, 0.05) is 17.4 Å². The third-order valence-corrected chi connectivity index (χ3v) is 2.54. The molecular formula is C12H16BrNO2. The molecule has 3 nitrogen and oxygen atoms in total. The van der Waals surface area contributed by atoms with Crippen LogP contribution in [0.4, 0.5) is 0 Å². The first-order valence-electron chi connectivity index (χ1n) is 5.18. The lowest BCUT2D eigenvalue weighted by Gasteiger charge is -2.24. The van der Waals surface area contributed by atoms with Gasteiger partial charge in [0.05, 0.1) is 6.54 Å². The first-order chi connectivity index (χ1) is 7.49. The SMILES string of the molecule is CC(=O)ON(Cc1cccc(Br)c1)C(C)C. The highest BCUT2D eigenvalue weighted by molar-refractivity contribution is 9.10. The zero-order chi connectivity index (χ0) is 12.1. The second-order valence-electron chi connectivity index (χ2n) is 3.88. The van der Waals surface area contributed by atoms with E-state index in [0.29, 0.717) is 6.54 Å². The van der Waals surface area contributed by atoms with Crippen LogP contribution in [-0.2, 0) is 16.2 Å². The summed E-state index contributed by atoms with van der Waals surface area (Å²) in [5, 5.41) is 1.67. The van der Waals surface area contributed by atoms with Gasteiger partial charge in [-0.3, -0.25) is 4.79 Å². The van der Waals surface area contributed by atoms with Gasteiger partial charge in [0.2, 0.25) is 0 Å². The van der Waals surface area contributed by atoms with Gasteiger partial charge in [-0.15, -0.1) is 5.06 Å². The summed E-state index contributed by atoms with van der Waals surface area (Å²) < 4.78 is 1.02. The van der Waals surface area contributed by atoms with E-state index in [2.05, 4.69) is 15.9 Å². The molecule has 1 aromatic carbocycles. The fourth-order valence-corrected chi connectivity index (χ4v) is 1.75. The fraction of sp³-hybridized carbons (Fsp3) is 0.417. The molecule has 0 aromatic heterocycles. The molecule has 0 saturated carbocycles. The highest BCUT2D eigenvalue weighted by Gasteiger charge is 2.13. The Balaban J connectivity index is 2.71. The molecule has 0 atom stereocenters. The molecule has 0 aliphatic heterocycles. The minimum Gasteiger partial charge on any atom is -0.368 e. The van der Waals surface area contributed by atoms with E-state index in [1.54, 1.807) is 5.06 Å². The summed E-state index contributed by atoms with van der Waals surface area (Å²) in [4.78, 5) is 16.1. The van der Waals surface area contributed by atoms with E-state index >= 15 is 0 Å². The summed E-state index contributed by atoms with van der Waals surface area (Å²) in [6.07, 6.45) is 0. The quantitative estimate of drug-likeness (QED) is 0.796. The van der Waals surface area contributed by atoms with Crippen LogP contribution < -0.4 is 0 Å². The van der Waals surface area contributed by atoms with Crippen molar-refractivity contribution >= 4 is 21.9 Å². The topological polar surface area (TPSA) is 29.5 Å². The minimum absolute atomic E-state index is 0.155. The van der Waals surface area contributed by atoms with E-state index in [1.807, 2.05) is 38.1 Å². The highest BCUT2D eigenvalue weighted by Crippen LogP contribution is 2.15. The second kappa shape index (κ2) is 6.01. The minimum atomic E-state index is -0.288. The van der Waals surface area contributed by atoms with Crippen molar-refractivity contribution in [3.05, 3.63) is 34.3 Å². The van der Waals surface area contributed by atoms with E-state index in [-0.39, 0.29) is 12.0 Å². The Hall–Kier alpha value is -0.870. The number of hydrogen-bond acceptors (Lipinski definition) is 3. The molecule has 1 aromatic rings. The number of benzene rings is 1. The van der Waals surface area contributed by atoms with E-state index < -0.39 is 0 Å². The van der Waals surface area contributed by atoms with Crippen LogP contribution in [-0.4, -0.2) is 17.1 Å². The summed E-state index contributed by atoms with van der Waals surface area (Å²) in [7, 11) is 0. The number of rotatable bonds is 4. The lowest BCUT2D eigenvalue weighted by molar-refractivity contribution is -0.200. The molecule has 0 aliphatic rings. The van der Waals surface area contributed by atoms with Crippen molar-refractivity contribution in [2.24, 2.45) is 0 Å². The molecule has 0 aliphatic carbocycles. The Labute approximate surface area is 104 Å². The van der Waals surface area contributed by atoms with Crippen LogP contribution in [0.2, 0.25) is 0 Å². The molecule has 0 N–H and O–H groups in total. The maximum Gasteiger partial charge on any atom is 0.322 e. The predicted octanol–water partition coefficient (Wildman–Crippen LogP) is 3.14. The molecule has 0 bridgehead atoms. The predicted molar refractivity (Wildman–Crippen MR) is 66.6 cm³/mol. The van der Waals surface area contributed by atoms with Gasteiger partial charge in [0.1, 0.15) is 0 Å². The average molecular weight is 286 g/mol. The molecule has 0 spiro atoms. The summed E-state index contributed by atoms with van der Waals surface area (Å²) in [6, 6.07) is 8.10. The number of carbonyl (C=O) groups excluding carboxylic acids is 1. The number of carbonyl (C=O) groups is 1. The van der Waals surface area contributed by atoms with Gasteiger partial charge in [-0.2, -0.15) is 0 Å².